The van der Waals surface area contributed by atoms with E-state index in [1.165, 1.54) is 0 Å². The minimum Gasteiger partial charge on any atom is -0.343 e. The number of amides is 1. The standard InChI is InChI=1S/C16H16ClN3O/c17-13-5-3-4-11(8-13)15(14-6-1-2-7-19-14)20-16(21)12-9-18-10-12/h1-8,12,15,18H,9-10H2,(H,20,21). The highest BCUT2D eigenvalue weighted by molar-refractivity contribution is 6.30. The quantitative estimate of drug-likeness (QED) is 0.910. The van der Waals surface area contributed by atoms with Gasteiger partial charge >= 0.3 is 0 Å². The van der Waals surface area contributed by atoms with E-state index in [1.54, 1.807) is 6.20 Å². The molecule has 2 N–H and O–H groups in total. The van der Waals surface area contributed by atoms with Crippen molar-refractivity contribution in [3.63, 3.8) is 0 Å². The van der Waals surface area contributed by atoms with E-state index in [-0.39, 0.29) is 17.9 Å². The first kappa shape index (κ1) is 14.0. The number of hydrogen-bond donors (Lipinski definition) is 2. The van der Waals surface area contributed by atoms with Crippen LogP contribution in [0, 0.1) is 5.92 Å². The molecule has 108 valence electrons. The molecule has 5 heteroatoms. The summed E-state index contributed by atoms with van der Waals surface area (Å²) in [6.07, 6.45) is 1.73. The fourth-order valence-electron chi connectivity index (χ4n) is 2.30. The third-order valence-electron chi connectivity index (χ3n) is 3.60. The summed E-state index contributed by atoms with van der Waals surface area (Å²) in [7, 11) is 0. The molecule has 1 saturated heterocycles. The number of pyridine rings is 1. The van der Waals surface area contributed by atoms with E-state index in [4.69, 9.17) is 11.6 Å². The molecule has 1 unspecified atom stereocenters. The molecule has 2 aromatic rings. The number of nitrogens with zero attached hydrogens (tertiary/aromatic N) is 1. The molecule has 0 saturated carbocycles. The van der Waals surface area contributed by atoms with Gasteiger partial charge in [-0.1, -0.05) is 29.8 Å². The van der Waals surface area contributed by atoms with Crippen molar-refractivity contribution in [1.82, 2.24) is 15.6 Å². The molecule has 21 heavy (non-hydrogen) atoms. The summed E-state index contributed by atoms with van der Waals surface area (Å²) >= 11 is 6.07. The predicted molar refractivity (Wildman–Crippen MR) is 82.0 cm³/mol. The van der Waals surface area contributed by atoms with Crippen LogP contribution in [0.4, 0.5) is 0 Å². The largest absolute Gasteiger partial charge is 0.343 e. The molecule has 1 aromatic carbocycles. The Morgan fingerprint density at radius 1 is 1.29 bits per heavy atom. The van der Waals surface area contributed by atoms with Crippen molar-refractivity contribution in [2.75, 3.05) is 13.1 Å². The SMILES string of the molecule is O=C(NC(c1cccc(Cl)c1)c1ccccn1)C1CNC1. The van der Waals surface area contributed by atoms with Gasteiger partial charge in [-0.25, -0.2) is 0 Å². The topological polar surface area (TPSA) is 54.0 Å². The van der Waals surface area contributed by atoms with Crippen LogP contribution in [0.1, 0.15) is 17.3 Å². The summed E-state index contributed by atoms with van der Waals surface area (Å²) in [4.78, 5) is 16.6. The highest BCUT2D eigenvalue weighted by Crippen LogP contribution is 2.23. The van der Waals surface area contributed by atoms with Crippen LogP contribution in [0.15, 0.2) is 48.7 Å². The van der Waals surface area contributed by atoms with E-state index in [1.807, 2.05) is 42.5 Å². The average Bonchev–Trinajstić information content (AvgIpc) is 2.44. The Balaban J connectivity index is 1.89. The summed E-state index contributed by atoms with van der Waals surface area (Å²) in [6.45, 7) is 1.46. The van der Waals surface area contributed by atoms with E-state index in [9.17, 15) is 4.79 Å². The van der Waals surface area contributed by atoms with Gasteiger partial charge in [0.1, 0.15) is 0 Å². The van der Waals surface area contributed by atoms with Gasteiger partial charge in [0.2, 0.25) is 5.91 Å². The first-order valence-corrected chi connectivity index (χ1v) is 7.29. The predicted octanol–water partition coefficient (Wildman–Crippen LogP) is 2.16. The Kier molecular flexibility index (Phi) is 4.18. The van der Waals surface area contributed by atoms with Crippen molar-refractivity contribution in [2.45, 2.75) is 6.04 Å². The molecular formula is C16H16ClN3O. The number of hydrogen-bond acceptors (Lipinski definition) is 3. The van der Waals surface area contributed by atoms with Crippen molar-refractivity contribution in [3.05, 3.63) is 64.9 Å². The molecule has 3 rings (SSSR count). The van der Waals surface area contributed by atoms with E-state index < -0.39 is 0 Å². The highest BCUT2D eigenvalue weighted by atomic mass is 35.5. The zero-order valence-electron chi connectivity index (χ0n) is 11.4. The normalized spacial score (nSPS) is 16.0. The molecule has 0 spiro atoms. The van der Waals surface area contributed by atoms with Gasteiger partial charge in [-0.2, -0.15) is 0 Å². The first-order chi connectivity index (χ1) is 10.2. The van der Waals surface area contributed by atoms with Crippen LogP contribution in [-0.2, 0) is 4.79 Å². The van der Waals surface area contributed by atoms with Gasteiger partial charge in [0, 0.05) is 24.3 Å². The van der Waals surface area contributed by atoms with Crippen LogP contribution in [-0.4, -0.2) is 24.0 Å². The third-order valence-corrected chi connectivity index (χ3v) is 3.84. The fraction of sp³-hybridized carbons (Fsp3) is 0.250. The number of rotatable bonds is 4. The summed E-state index contributed by atoms with van der Waals surface area (Å²) in [6, 6.07) is 12.9. The van der Waals surface area contributed by atoms with Crippen molar-refractivity contribution in [2.24, 2.45) is 5.92 Å². The maximum Gasteiger partial charge on any atom is 0.226 e. The van der Waals surface area contributed by atoms with Gasteiger partial charge in [-0.3, -0.25) is 9.78 Å². The summed E-state index contributed by atoms with van der Waals surface area (Å²) in [5.74, 6) is 0.0831. The summed E-state index contributed by atoms with van der Waals surface area (Å²) < 4.78 is 0. The number of halogens is 1. The zero-order chi connectivity index (χ0) is 14.7. The number of carbonyl (C=O) groups excluding carboxylic acids is 1. The highest BCUT2D eigenvalue weighted by Gasteiger charge is 2.28. The third kappa shape index (κ3) is 3.23. The number of nitrogens with one attached hydrogen (secondary N) is 2. The lowest BCUT2D eigenvalue weighted by molar-refractivity contribution is -0.126. The van der Waals surface area contributed by atoms with E-state index in [0.717, 1.165) is 24.3 Å². The Morgan fingerprint density at radius 3 is 2.76 bits per heavy atom. The van der Waals surface area contributed by atoms with E-state index in [0.29, 0.717) is 5.02 Å². The second kappa shape index (κ2) is 6.24. The van der Waals surface area contributed by atoms with Gasteiger partial charge < -0.3 is 10.6 Å². The van der Waals surface area contributed by atoms with Crippen LogP contribution >= 0.6 is 11.6 Å². The lowest BCUT2D eigenvalue weighted by Gasteiger charge is -2.28. The second-order valence-corrected chi connectivity index (χ2v) is 5.54. The van der Waals surface area contributed by atoms with E-state index in [2.05, 4.69) is 15.6 Å². The van der Waals surface area contributed by atoms with Crippen molar-refractivity contribution in [3.8, 4) is 0 Å². The number of aromatic nitrogens is 1. The molecule has 1 amide bonds. The Morgan fingerprint density at radius 2 is 2.14 bits per heavy atom. The number of carbonyl (C=O) groups is 1. The molecule has 0 aliphatic carbocycles. The molecule has 0 radical (unpaired) electrons. The van der Waals surface area contributed by atoms with Crippen LogP contribution < -0.4 is 10.6 Å². The van der Waals surface area contributed by atoms with Gasteiger partial charge in [-0.05, 0) is 29.8 Å². The molecule has 1 aliphatic heterocycles. The molecular weight excluding hydrogens is 286 g/mol. The molecule has 1 aliphatic rings. The van der Waals surface area contributed by atoms with Crippen molar-refractivity contribution in [1.29, 1.82) is 0 Å². The first-order valence-electron chi connectivity index (χ1n) is 6.91. The smallest absolute Gasteiger partial charge is 0.226 e. The van der Waals surface area contributed by atoms with Crippen LogP contribution in [0.3, 0.4) is 0 Å². The average molecular weight is 302 g/mol. The van der Waals surface area contributed by atoms with Crippen LogP contribution in [0.25, 0.3) is 0 Å². The van der Waals surface area contributed by atoms with Crippen LogP contribution in [0.5, 0.6) is 0 Å². The molecule has 1 atom stereocenters. The van der Waals surface area contributed by atoms with Gasteiger partial charge in [-0.15, -0.1) is 0 Å². The molecule has 4 nitrogen and oxygen atoms in total. The van der Waals surface area contributed by atoms with Gasteiger partial charge in [0.05, 0.1) is 17.7 Å². The van der Waals surface area contributed by atoms with Crippen molar-refractivity contribution < 1.29 is 4.79 Å². The lowest BCUT2D eigenvalue weighted by Crippen LogP contribution is -2.51. The van der Waals surface area contributed by atoms with Crippen LogP contribution in [0.2, 0.25) is 5.02 Å². The van der Waals surface area contributed by atoms with Gasteiger partial charge in [0.15, 0.2) is 0 Å². The van der Waals surface area contributed by atoms with Crippen molar-refractivity contribution >= 4 is 17.5 Å². The molecule has 0 bridgehead atoms. The second-order valence-electron chi connectivity index (χ2n) is 5.11. The van der Waals surface area contributed by atoms with Gasteiger partial charge in [0.25, 0.3) is 0 Å². The Bertz CT molecular complexity index is 628. The summed E-state index contributed by atoms with van der Waals surface area (Å²) in [5.41, 5.74) is 1.74. The Labute approximate surface area is 128 Å². The monoisotopic (exact) mass is 301 g/mol. The summed E-state index contributed by atoms with van der Waals surface area (Å²) in [5, 5.41) is 6.83. The van der Waals surface area contributed by atoms with E-state index >= 15 is 0 Å². The minimum absolute atomic E-state index is 0.0374. The number of benzene rings is 1. The minimum atomic E-state index is -0.280. The molecule has 1 aromatic heterocycles. The maximum atomic E-state index is 12.3. The molecule has 1 fully saturated rings. The molecule has 2 heterocycles. The zero-order valence-corrected chi connectivity index (χ0v) is 12.2. The maximum absolute atomic E-state index is 12.3. The fourth-order valence-corrected chi connectivity index (χ4v) is 2.49. The Hall–Kier alpha value is -1.91. The lowest BCUT2D eigenvalue weighted by atomic mass is 9.99.